The minimum atomic E-state index is 0.321. The predicted molar refractivity (Wildman–Crippen MR) is 83.7 cm³/mol. The van der Waals surface area contributed by atoms with Crippen LogP contribution in [0.4, 0.5) is 0 Å². The fourth-order valence-electron chi connectivity index (χ4n) is 4.22. The SMILES string of the molecule is NC(C1CCCCCCC1)C1CCCc2cccnc21. The molecule has 2 atom stereocenters. The average Bonchev–Trinajstić information content (AvgIpc) is 2.46. The van der Waals surface area contributed by atoms with Crippen molar-refractivity contribution in [3.63, 3.8) is 0 Å². The number of rotatable bonds is 2. The first kappa shape index (κ1) is 14.1. The van der Waals surface area contributed by atoms with Crippen LogP contribution in [0.15, 0.2) is 18.3 Å². The zero-order valence-electron chi connectivity index (χ0n) is 12.6. The van der Waals surface area contributed by atoms with Gasteiger partial charge in [-0.05, 0) is 49.7 Å². The number of fused-ring (bicyclic) bond motifs is 1. The van der Waals surface area contributed by atoms with E-state index in [0.717, 1.165) is 0 Å². The zero-order valence-corrected chi connectivity index (χ0v) is 12.6. The van der Waals surface area contributed by atoms with E-state index in [1.807, 2.05) is 6.20 Å². The molecule has 1 aromatic rings. The van der Waals surface area contributed by atoms with E-state index in [9.17, 15) is 0 Å². The first-order valence-electron chi connectivity index (χ1n) is 8.55. The van der Waals surface area contributed by atoms with Gasteiger partial charge in [-0.2, -0.15) is 0 Å². The fourth-order valence-corrected chi connectivity index (χ4v) is 4.22. The molecule has 2 unspecified atom stereocenters. The van der Waals surface area contributed by atoms with Gasteiger partial charge in [-0.1, -0.05) is 38.2 Å². The van der Waals surface area contributed by atoms with Crippen LogP contribution in [0.2, 0.25) is 0 Å². The molecule has 1 aromatic heterocycles. The molecule has 0 radical (unpaired) electrons. The van der Waals surface area contributed by atoms with Crippen molar-refractivity contribution < 1.29 is 0 Å². The molecule has 1 heterocycles. The molecule has 1 fully saturated rings. The number of aromatic nitrogens is 1. The summed E-state index contributed by atoms with van der Waals surface area (Å²) in [4.78, 5) is 4.68. The molecule has 2 heteroatoms. The molecule has 110 valence electrons. The van der Waals surface area contributed by atoms with Crippen LogP contribution in [0.3, 0.4) is 0 Å². The molecule has 0 bridgehead atoms. The highest BCUT2D eigenvalue weighted by atomic mass is 14.8. The molecule has 2 aliphatic carbocycles. The van der Waals surface area contributed by atoms with Crippen LogP contribution < -0.4 is 5.73 Å². The third-order valence-corrected chi connectivity index (χ3v) is 5.40. The molecule has 20 heavy (non-hydrogen) atoms. The van der Waals surface area contributed by atoms with Gasteiger partial charge in [0.1, 0.15) is 0 Å². The van der Waals surface area contributed by atoms with Gasteiger partial charge >= 0.3 is 0 Å². The first-order valence-corrected chi connectivity index (χ1v) is 8.55. The lowest BCUT2D eigenvalue weighted by molar-refractivity contribution is 0.278. The van der Waals surface area contributed by atoms with Crippen molar-refractivity contribution in [2.75, 3.05) is 0 Å². The Balaban J connectivity index is 1.74. The molecule has 2 N–H and O–H groups in total. The van der Waals surface area contributed by atoms with Crippen molar-refractivity contribution in [2.24, 2.45) is 11.7 Å². The van der Waals surface area contributed by atoms with Crippen molar-refractivity contribution in [1.82, 2.24) is 4.98 Å². The van der Waals surface area contributed by atoms with Crippen LogP contribution in [0.1, 0.15) is 75.0 Å². The summed E-state index contributed by atoms with van der Waals surface area (Å²) in [5.41, 5.74) is 9.48. The van der Waals surface area contributed by atoms with E-state index < -0.39 is 0 Å². The Kier molecular flexibility index (Phi) is 4.72. The van der Waals surface area contributed by atoms with Crippen molar-refractivity contribution >= 4 is 0 Å². The van der Waals surface area contributed by atoms with Gasteiger partial charge in [0.2, 0.25) is 0 Å². The molecule has 0 amide bonds. The lowest BCUT2D eigenvalue weighted by atomic mass is 9.74. The maximum Gasteiger partial charge on any atom is 0.0481 e. The smallest absolute Gasteiger partial charge is 0.0481 e. The van der Waals surface area contributed by atoms with Crippen LogP contribution in [-0.2, 0) is 6.42 Å². The summed E-state index contributed by atoms with van der Waals surface area (Å²) >= 11 is 0. The van der Waals surface area contributed by atoms with Gasteiger partial charge in [0.15, 0.2) is 0 Å². The third-order valence-electron chi connectivity index (χ3n) is 5.40. The van der Waals surface area contributed by atoms with E-state index in [1.165, 1.54) is 75.5 Å². The second-order valence-electron chi connectivity index (χ2n) is 6.73. The number of hydrogen-bond acceptors (Lipinski definition) is 2. The number of hydrogen-bond donors (Lipinski definition) is 1. The molecular weight excluding hydrogens is 244 g/mol. The number of pyridine rings is 1. The quantitative estimate of drug-likeness (QED) is 0.876. The largest absolute Gasteiger partial charge is 0.327 e. The van der Waals surface area contributed by atoms with Gasteiger partial charge in [-0.25, -0.2) is 0 Å². The Morgan fingerprint density at radius 2 is 1.75 bits per heavy atom. The maximum absolute atomic E-state index is 6.72. The van der Waals surface area contributed by atoms with Gasteiger partial charge in [0.05, 0.1) is 0 Å². The summed E-state index contributed by atoms with van der Waals surface area (Å²) in [6.07, 6.45) is 15.3. The summed E-state index contributed by atoms with van der Waals surface area (Å²) in [5, 5.41) is 0. The lowest BCUT2D eigenvalue weighted by Gasteiger charge is -2.35. The Morgan fingerprint density at radius 3 is 2.55 bits per heavy atom. The third kappa shape index (κ3) is 3.06. The molecule has 2 aliphatic rings. The minimum absolute atomic E-state index is 0.321. The van der Waals surface area contributed by atoms with E-state index >= 15 is 0 Å². The Hall–Kier alpha value is -0.890. The zero-order chi connectivity index (χ0) is 13.8. The topological polar surface area (TPSA) is 38.9 Å². The van der Waals surface area contributed by atoms with Crippen LogP contribution in [-0.4, -0.2) is 11.0 Å². The summed E-state index contributed by atoms with van der Waals surface area (Å²) in [5.74, 6) is 1.22. The van der Waals surface area contributed by atoms with Crippen LogP contribution >= 0.6 is 0 Å². The molecular formula is C18H28N2. The van der Waals surface area contributed by atoms with Crippen molar-refractivity contribution in [1.29, 1.82) is 0 Å². The summed E-state index contributed by atoms with van der Waals surface area (Å²) in [6, 6.07) is 4.64. The highest BCUT2D eigenvalue weighted by Crippen LogP contribution is 2.37. The maximum atomic E-state index is 6.72. The lowest BCUT2D eigenvalue weighted by Crippen LogP contribution is -2.38. The van der Waals surface area contributed by atoms with E-state index in [1.54, 1.807) is 0 Å². The van der Waals surface area contributed by atoms with Crippen molar-refractivity contribution in [2.45, 2.75) is 76.2 Å². The van der Waals surface area contributed by atoms with Gasteiger partial charge in [-0.3, -0.25) is 4.98 Å². The highest BCUT2D eigenvalue weighted by Gasteiger charge is 2.31. The molecule has 0 aromatic carbocycles. The number of nitrogens with zero attached hydrogens (tertiary/aromatic N) is 1. The normalized spacial score (nSPS) is 26.4. The second-order valence-corrected chi connectivity index (χ2v) is 6.73. The number of aryl methyl sites for hydroxylation is 1. The van der Waals surface area contributed by atoms with Gasteiger partial charge < -0.3 is 5.73 Å². The summed E-state index contributed by atoms with van der Waals surface area (Å²) in [7, 11) is 0. The van der Waals surface area contributed by atoms with Gasteiger partial charge in [0.25, 0.3) is 0 Å². The molecule has 0 saturated heterocycles. The van der Waals surface area contributed by atoms with E-state index in [0.29, 0.717) is 17.9 Å². The summed E-state index contributed by atoms with van der Waals surface area (Å²) in [6.45, 7) is 0. The van der Waals surface area contributed by atoms with Crippen LogP contribution in [0, 0.1) is 5.92 Å². The predicted octanol–water partition coefficient (Wildman–Crippen LogP) is 4.19. The van der Waals surface area contributed by atoms with Crippen molar-refractivity contribution in [3.8, 4) is 0 Å². The molecule has 2 nitrogen and oxygen atoms in total. The average molecular weight is 272 g/mol. The monoisotopic (exact) mass is 272 g/mol. The molecule has 0 aliphatic heterocycles. The summed E-state index contributed by atoms with van der Waals surface area (Å²) < 4.78 is 0. The fraction of sp³-hybridized carbons (Fsp3) is 0.722. The van der Waals surface area contributed by atoms with E-state index in [4.69, 9.17) is 5.73 Å². The van der Waals surface area contributed by atoms with Crippen LogP contribution in [0.25, 0.3) is 0 Å². The Bertz CT molecular complexity index is 421. The van der Waals surface area contributed by atoms with Crippen molar-refractivity contribution in [3.05, 3.63) is 29.6 Å². The highest BCUT2D eigenvalue weighted by molar-refractivity contribution is 5.27. The molecule has 1 saturated carbocycles. The first-order chi connectivity index (χ1) is 9.86. The number of nitrogens with two attached hydrogens (primary N) is 1. The van der Waals surface area contributed by atoms with Gasteiger partial charge in [0, 0.05) is 23.9 Å². The Labute approximate surface area is 123 Å². The van der Waals surface area contributed by atoms with Crippen LogP contribution in [0.5, 0.6) is 0 Å². The molecule has 3 rings (SSSR count). The van der Waals surface area contributed by atoms with E-state index in [2.05, 4.69) is 17.1 Å². The Morgan fingerprint density at radius 1 is 1.00 bits per heavy atom. The minimum Gasteiger partial charge on any atom is -0.327 e. The second kappa shape index (κ2) is 6.71. The molecule has 0 spiro atoms. The van der Waals surface area contributed by atoms with E-state index in [-0.39, 0.29) is 0 Å². The van der Waals surface area contributed by atoms with Gasteiger partial charge in [-0.15, -0.1) is 0 Å². The standard InChI is InChI=1S/C18H28N2/c19-17(14-8-4-2-1-3-5-9-14)16-12-6-10-15-11-7-13-20-18(15)16/h7,11,13-14,16-17H,1-6,8-10,12,19H2.